The van der Waals surface area contributed by atoms with Gasteiger partial charge in [-0.15, -0.1) is 0 Å². The number of hydroxylamine groups is 2. The van der Waals surface area contributed by atoms with Gasteiger partial charge >= 0.3 is 0 Å². The van der Waals surface area contributed by atoms with Crippen molar-refractivity contribution in [1.82, 2.24) is 25.4 Å². The van der Waals surface area contributed by atoms with Crippen molar-refractivity contribution in [2.75, 3.05) is 37.0 Å². The number of anilines is 2. The Labute approximate surface area is 194 Å². The number of nitrogens with zero attached hydrogens (tertiary/aromatic N) is 5. The van der Waals surface area contributed by atoms with Crippen LogP contribution in [0.4, 0.5) is 16.0 Å². The maximum atomic E-state index is 15.4. The molecule has 1 saturated heterocycles. The highest BCUT2D eigenvalue weighted by molar-refractivity contribution is 5.80. The maximum absolute atomic E-state index is 15.4. The predicted octanol–water partition coefficient (Wildman–Crippen LogP) is 1.94. The smallest absolute Gasteiger partial charge is 0.243 e. The average Bonchev–Trinajstić information content (AvgIpc) is 3.30. The first kappa shape index (κ1) is 25.1. The molecule has 2 aliphatic rings. The number of aromatic nitrogens is 2. The third-order valence-corrected chi connectivity index (χ3v) is 7.09. The lowest BCUT2D eigenvalue weighted by Crippen LogP contribution is -2.56. The minimum absolute atomic E-state index is 0.0460. The number of hydrogen-bond acceptors (Lipinski definition) is 8. The van der Waals surface area contributed by atoms with Crippen molar-refractivity contribution in [2.45, 2.75) is 65.0 Å². The van der Waals surface area contributed by atoms with Crippen LogP contribution in [0, 0.1) is 24.6 Å². The Kier molecular flexibility index (Phi) is 8.41. The summed E-state index contributed by atoms with van der Waals surface area (Å²) in [6, 6.07) is 0.268. The molecule has 0 spiro atoms. The fourth-order valence-corrected chi connectivity index (χ4v) is 4.82. The molecule has 33 heavy (non-hydrogen) atoms. The van der Waals surface area contributed by atoms with E-state index in [1.165, 1.54) is 0 Å². The van der Waals surface area contributed by atoms with Gasteiger partial charge in [0.05, 0.1) is 12.5 Å². The molecule has 1 saturated carbocycles. The number of piperazine rings is 1. The highest BCUT2D eigenvalue weighted by atomic mass is 19.1. The van der Waals surface area contributed by atoms with Crippen LogP contribution in [0.3, 0.4) is 0 Å². The molecule has 1 aliphatic heterocycles. The van der Waals surface area contributed by atoms with Gasteiger partial charge in [0, 0.05) is 25.2 Å². The van der Waals surface area contributed by atoms with Crippen LogP contribution in [0.5, 0.6) is 0 Å². The average molecular weight is 466 g/mol. The summed E-state index contributed by atoms with van der Waals surface area (Å²) in [7, 11) is 2.04. The van der Waals surface area contributed by atoms with Crippen molar-refractivity contribution in [3.63, 3.8) is 0 Å². The van der Waals surface area contributed by atoms with Crippen LogP contribution in [0.25, 0.3) is 0 Å². The Bertz CT molecular complexity index is 836. The Morgan fingerprint density at radius 1 is 1.27 bits per heavy atom. The normalized spacial score (nSPS) is 22.8. The summed E-state index contributed by atoms with van der Waals surface area (Å²) in [5.74, 6) is -0.842. The number of hydrazine groups is 1. The minimum atomic E-state index is -0.631. The first-order chi connectivity index (χ1) is 15.7. The zero-order valence-corrected chi connectivity index (χ0v) is 19.9. The van der Waals surface area contributed by atoms with Gasteiger partial charge in [0.25, 0.3) is 0 Å². The quantitative estimate of drug-likeness (QED) is 0.288. The Morgan fingerprint density at radius 3 is 2.64 bits per heavy atom. The lowest BCUT2D eigenvalue weighted by atomic mass is 9.92. The van der Waals surface area contributed by atoms with E-state index in [4.69, 9.17) is 0 Å². The zero-order valence-electron chi connectivity index (χ0n) is 19.9. The van der Waals surface area contributed by atoms with Crippen molar-refractivity contribution in [3.05, 3.63) is 11.6 Å². The molecule has 3 atom stereocenters. The van der Waals surface area contributed by atoms with Crippen LogP contribution in [-0.2, 0) is 9.59 Å². The Hall–Kier alpha value is -2.53. The number of hydrogen-bond donors (Lipinski definition) is 3. The number of amides is 2. The number of nitrogens with one attached hydrogen (secondary N) is 2. The molecule has 11 heteroatoms. The van der Waals surface area contributed by atoms with E-state index in [1.807, 2.05) is 18.9 Å². The molecule has 10 nitrogen and oxygen atoms in total. The second-order valence-corrected chi connectivity index (χ2v) is 9.34. The summed E-state index contributed by atoms with van der Waals surface area (Å²) >= 11 is 0. The van der Waals surface area contributed by atoms with E-state index in [0.717, 1.165) is 32.2 Å². The van der Waals surface area contributed by atoms with E-state index in [-0.39, 0.29) is 36.7 Å². The molecule has 184 valence electrons. The number of halogens is 1. The van der Waals surface area contributed by atoms with Crippen molar-refractivity contribution < 1.29 is 19.2 Å². The fraction of sp³-hybridized carbons (Fsp3) is 0.727. The molecule has 3 rings (SSSR count). The summed E-state index contributed by atoms with van der Waals surface area (Å²) in [5, 5.41) is 10.1. The molecule has 2 amide bonds. The number of carbonyl (C=O) groups excluding carboxylic acids is 2. The van der Waals surface area contributed by atoms with Crippen molar-refractivity contribution in [2.24, 2.45) is 11.8 Å². The van der Waals surface area contributed by atoms with Crippen LogP contribution in [0.1, 0.15) is 51.8 Å². The Balaban J connectivity index is 1.72. The summed E-state index contributed by atoms with van der Waals surface area (Å²) in [5.41, 5.74) is 5.14. The molecule has 2 unspecified atom stereocenters. The number of aryl methyl sites for hydroxylation is 1. The van der Waals surface area contributed by atoms with E-state index in [2.05, 4.69) is 32.6 Å². The highest BCUT2D eigenvalue weighted by Crippen LogP contribution is 2.31. The van der Waals surface area contributed by atoms with Gasteiger partial charge in [0.2, 0.25) is 18.1 Å². The van der Waals surface area contributed by atoms with E-state index >= 15 is 4.39 Å². The molecule has 2 fully saturated rings. The molecule has 0 aromatic carbocycles. The molecule has 0 radical (unpaired) electrons. The van der Waals surface area contributed by atoms with Crippen LogP contribution in [0.15, 0.2) is 0 Å². The molecular formula is C22H36FN7O3. The third-order valence-electron chi connectivity index (χ3n) is 7.09. The SMILES string of the molecule is Cc1nc(NNC(=O)C(CC2CCCC2)CN(O)C=O)c(F)c(N2CCN(C)C(C)[C@@H]2C)n1. The first-order valence-corrected chi connectivity index (χ1v) is 11.7. The number of likely N-dealkylation sites (N-methyl/N-ethyl adjacent to an activating group) is 1. The standard InChI is InChI=1S/C22H36FN7O3/c1-14-15(2)30(10-9-28(14)4)21-19(23)20(24-16(3)25-21)26-27-22(32)18(12-29(33)13-31)11-17-7-5-6-8-17/h13-15,17-18,33H,5-12H2,1-4H3,(H,27,32)(H,24,25,26)/t14?,15-,18?/m0/s1. The molecule has 1 aromatic rings. The number of carbonyl (C=O) groups is 2. The molecule has 2 heterocycles. The van der Waals surface area contributed by atoms with Crippen molar-refractivity contribution in [3.8, 4) is 0 Å². The van der Waals surface area contributed by atoms with E-state index in [0.29, 0.717) is 29.8 Å². The lowest BCUT2D eigenvalue weighted by molar-refractivity contribution is -0.154. The summed E-state index contributed by atoms with van der Waals surface area (Å²) < 4.78 is 15.4. The van der Waals surface area contributed by atoms with E-state index in [9.17, 15) is 14.8 Å². The summed E-state index contributed by atoms with van der Waals surface area (Å²) in [4.78, 5) is 36.4. The van der Waals surface area contributed by atoms with Gasteiger partial charge in [-0.1, -0.05) is 25.7 Å². The van der Waals surface area contributed by atoms with Crippen molar-refractivity contribution in [1.29, 1.82) is 0 Å². The first-order valence-electron chi connectivity index (χ1n) is 11.7. The highest BCUT2D eigenvalue weighted by Gasteiger charge is 2.32. The van der Waals surface area contributed by atoms with Gasteiger partial charge in [-0.3, -0.25) is 30.5 Å². The van der Waals surface area contributed by atoms with Gasteiger partial charge in [0.15, 0.2) is 11.6 Å². The topological polar surface area (TPSA) is 114 Å². The van der Waals surface area contributed by atoms with Gasteiger partial charge in [-0.2, -0.15) is 4.39 Å². The molecular weight excluding hydrogens is 429 g/mol. The van der Waals surface area contributed by atoms with Gasteiger partial charge in [0.1, 0.15) is 5.82 Å². The second-order valence-electron chi connectivity index (χ2n) is 9.34. The third kappa shape index (κ3) is 6.08. The van der Waals surface area contributed by atoms with Crippen LogP contribution in [-0.4, -0.2) is 76.2 Å². The second kappa shape index (κ2) is 11.1. The van der Waals surface area contributed by atoms with Gasteiger partial charge in [-0.05, 0) is 40.2 Å². The lowest BCUT2D eigenvalue weighted by Gasteiger charge is -2.44. The predicted molar refractivity (Wildman–Crippen MR) is 122 cm³/mol. The van der Waals surface area contributed by atoms with Gasteiger partial charge in [-0.25, -0.2) is 15.0 Å². The van der Waals surface area contributed by atoms with Crippen LogP contribution in [0.2, 0.25) is 0 Å². The summed E-state index contributed by atoms with van der Waals surface area (Å²) in [6.45, 7) is 7.09. The molecule has 0 bridgehead atoms. The summed E-state index contributed by atoms with van der Waals surface area (Å²) in [6.07, 6.45) is 5.10. The monoisotopic (exact) mass is 465 g/mol. The molecule has 3 N–H and O–H groups in total. The Morgan fingerprint density at radius 2 is 1.97 bits per heavy atom. The van der Waals surface area contributed by atoms with Crippen LogP contribution >= 0.6 is 0 Å². The molecule has 1 aliphatic carbocycles. The fourth-order valence-electron chi connectivity index (χ4n) is 4.82. The van der Waals surface area contributed by atoms with E-state index in [1.54, 1.807) is 6.92 Å². The van der Waals surface area contributed by atoms with Gasteiger partial charge < -0.3 is 4.90 Å². The van der Waals surface area contributed by atoms with Crippen LogP contribution < -0.4 is 15.8 Å². The molecule has 1 aromatic heterocycles. The maximum Gasteiger partial charge on any atom is 0.243 e. The zero-order chi connectivity index (χ0) is 24.1. The number of rotatable bonds is 9. The minimum Gasteiger partial charge on any atom is -0.348 e. The van der Waals surface area contributed by atoms with E-state index < -0.39 is 17.6 Å². The largest absolute Gasteiger partial charge is 0.348 e. The van der Waals surface area contributed by atoms with Crippen molar-refractivity contribution >= 4 is 24.0 Å².